The number of likely N-dealkylation sites (tertiary alicyclic amines) is 1. The predicted octanol–water partition coefficient (Wildman–Crippen LogP) is 3.19. The highest BCUT2D eigenvalue weighted by Crippen LogP contribution is 2.33. The highest BCUT2D eigenvalue weighted by atomic mass is 19.1. The van der Waals surface area contributed by atoms with E-state index in [-0.39, 0.29) is 24.4 Å². The smallest absolute Gasteiger partial charge is 0.251 e. The zero-order chi connectivity index (χ0) is 20.9. The van der Waals surface area contributed by atoms with Gasteiger partial charge in [0.2, 0.25) is 11.7 Å². The van der Waals surface area contributed by atoms with Crippen LogP contribution in [0.5, 0.6) is 0 Å². The van der Waals surface area contributed by atoms with Crippen LogP contribution in [0.15, 0.2) is 47.1 Å². The zero-order valence-corrected chi connectivity index (χ0v) is 16.5. The monoisotopic (exact) mass is 411 g/mol. The first-order valence-corrected chi connectivity index (χ1v) is 9.69. The molecule has 3 aromatic rings. The number of anilines is 1. The van der Waals surface area contributed by atoms with Crippen LogP contribution in [0.2, 0.25) is 0 Å². The van der Waals surface area contributed by atoms with Crippen LogP contribution in [-0.4, -0.2) is 46.2 Å². The number of hydrogen-bond donors (Lipinski definition) is 1. The van der Waals surface area contributed by atoms with Crippen LogP contribution < -0.4 is 5.32 Å². The molecule has 1 fully saturated rings. The summed E-state index contributed by atoms with van der Waals surface area (Å²) < 4.78 is 23.5. The highest BCUT2D eigenvalue weighted by Gasteiger charge is 2.30. The van der Waals surface area contributed by atoms with E-state index in [9.17, 15) is 9.18 Å². The number of amides is 1. The molecular formula is C21H22FN5O3. The van der Waals surface area contributed by atoms with Crippen LogP contribution >= 0.6 is 0 Å². The molecule has 9 heteroatoms. The number of nitrogens with zero attached hydrogens (tertiary/aromatic N) is 4. The lowest BCUT2D eigenvalue weighted by molar-refractivity contribution is -0.119. The molecule has 1 saturated heterocycles. The van der Waals surface area contributed by atoms with E-state index in [0.717, 1.165) is 24.9 Å². The summed E-state index contributed by atoms with van der Waals surface area (Å²) in [6.07, 6.45) is 3.54. The summed E-state index contributed by atoms with van der Waals surface area (Å²) in [6.45, 7) is 1.57. The van der Waals surface area contributed by atoms with Gasteiger partial charge in [-0.2, -0.15) is 4.98 Å². The molecule has 1 aromatic carbocycles. The summed E-state index contributed by atoms with van der Waals surface area (Å²) in [5, 5.41) is 6.73. The molecule has 1 N–H and O–H groups in total. The molecule has 1 aliphatic heterocycles. The minimum absolute atomic E-state index is 0.0249. The summed E-state index contributed by atoms with van der Waals surface area (Å²) in [6, 6.07) is 10.0. The molecule has 0 bridgehead atoms. The number of carbonyl (C=O) groups is 1. The van der Waals surface area contributed by atoms with E-state index in [4.69, 9.17) is 9.26 Å². The molecule has 0 spiro atoms. The van der Waals surface area contributed by atoms with Gasteiger partial charge in [-0.15, -0.1) is 0 Å². The maximum atomic E-state index is 13.1. The Kier molecular flexibility index (Phi) is 6.10. The van der Waals surface area contributed by atoms with Gasteiger partial charge in [-0.05, 0) is 49.2 Å². The lowest BCUT2D eigenvalue weighted by atomic mass is 10.1. The quantitative estimate of drug-likeness (QED) is 0.638. The van der Waals surface area contributed by atoms with E-state index in [2.05, 4.69) is 25.3 Å². The van der Waals surface area contributed by atoms with E-state index in [1.165, 1.54) is 19.2 Å². The number of carbonyl (C=O) groups excluding carboxylic acids is 1. The van der Waals surface area contributed by atoms with Crippen molar-refractivity contribution in [1.29, 1.82) is 0 Å². The lowest BCUT2D eigenvalue weighted by Gasteiger charge is -2.21. The number of benzene rings is 1. The third kappa shape index (κ3) is 4.69. The SMILES string of the molecule is COCC(=O)Nc1ccc(-c2noc([C@@H]3CCCN3Cc3ccc(F)cc3)n2)cn1. The zero-order valence-electron chi connectivity index (χ0n) is 16.5. The molecule has 4 rings (SSSR count). The van der Waals surface area contributed by atoms with Gasteiger partial charge < -0.3 is 14.6 Å². The fourth-order valence-corrected chi connectivity index (χ4v) is 3.52. The van der Waals surface area contributed by atoms with Gasteiger partial charge in [-0.25, -0.2) is 9.37 Å². The molecule has 1 amide bonds. The van der Waals surface area contributed by atoms with E-state index in [1.54, 1.807) is 30.5 Å². The maximum absolute atomic E-state index is 13.1. The molecule has 0 unspecified atom stereocenters. The first kappa shape index (κ1) is 20.1. The number of methoxy groups -OCH3 is 1. The van der Waals surface area contributed by atoms with E-state index < -0.39 is 0 Å². The Balaban J connectivity index is 1.44. The molecule has 8 nitrogen and oxygen atoms in total. The molecule has 156 valence electrons. The molecule has 30 heavy (non-hydrogen) atoms. The molecule has 3 heterocycles. The van der Waals surface area contributed by atoms with Crippen molar-refractivity contribution in [3.63, 3.8) is 0 Å². The number of aromatic nitrogens is 3. The summed E-state index contributed by atoms with van der Waals surface area (Å²) in [7, 11) is 1.45. The summed E-state index contributed by atoms with van der Waals surface area (Å²) in [5.41, 5.74) is 1.73. The van der Waals surface area contributed by atoms with Crippen molar-refractivity contribution in [3.8, 4) is 11.4 Å². The Hall–Kier alpha value is -3.17. The van der Waals surface area contributed by atoms with Gasteiger partial charge in [0.25, 0.3) is 5.91 Å². The molecule has 0 radical (unpaired) electrons. The fraction of sp³-hybridized carbons (Fsp3) is 0.333. The number of pyridine rings is 1. The van der Waals surface area contributed by atoms with Gasteiger partial charge in [0.05, 0.1) is 6.04 Å². The number of hydrogen-bond acceptors (Lipinski definition) is 7. The fourth-order valence-electron chi connectivity index (χ4n) is 3.52. The molecule has 1 atom stereocenters. The molecule has 1 aliphatic rings. The Morgan fingerprint density at radius 1 is 1.30 bits per heavy atom. The van der Waals surface area contributed by atoms with Crippen LogP contribution in [0.25, 0.3) is 11.4 Å². The van der Waals surface area contributed by atoms with Gasteiger partial charge in [0, 0.05) is 25.4 Å². The minimum atomic E-state index is -0.276. The van der Waals surface area contributed by atoms with Crippen molar-refractivity contribution >= 4 is 11.7 Å². The normalized spacial score (nSPS) is 16.7. The van der Waals surface area contributed by atoms with Crippen molar-refractivity contribution in [2.75, 3.05) is 25.6 Å². The van der Waals surface area contributed by atoms with Crippen molar-refractivity contribution in [1.82, 2.24) is 20.0 Å². The molecule has 2 aromatic heterocycles. The Labute approximate surface area is 173 Å². The van der Waals surface area contributed by atoms with Crippen molar-refractivity contribution in [2.45, 2.75) is 25.4 Å². The Morgan fingerprint density at radius 3 is 2.87 bits per heavy atom. The van der Waals surface area contributed by atoms with E-state index in [0.29, 0.717) is 29.6 Å². The minimum Gasteiger partial charge on any atom is -0.375 e. The van der Waals surface area contributed by atoms with Crippen molar-refractivity contribution in [2.24, 2.45) is 0 Å². The van der Waals surface area contributed by atoms with Crippen molar-refractivity contribution < 1.29 is 18.4 Å². The maximum Gasteiger partial charge on any atom is 0.251 e. The third-order valence-corrected chi connectivity index (χ3v) is 4.95. The van der Waals surface area contributed by atoms with Gasteiger partial charge in [0.15, 0.2) is 0 Å². The average Bonchev–Trinajstić information content (AvgIpc) is 3.40. The van der Waals surface area contributed by atoms with Gasteiger partial charge in [0.1, 0.15) is 18.2 Å². The highest BCUT2D eigenvalue weighted by molar-refractivity contribution is 5.90. The van der Waals surface area contributed by atoms with E-state index in [1.807, 2.05) is 0 Å². The third-order valence-electron chi connectivity index (χ3n) is 4.95. The number of rotatable bonds is 7. The lowest BCUT2D eigenvalue weighted by Crippen LogP contribution is -2.23. The second-order valence-electron chi connectivity index (χ2n) is 7.12. The second-order valence-corrected chi connectivity index (χ2v) is 7.12. The van der Waals surface area contributed by atoms with Crippen LogP contribution in [0.4, 0.5) is 10.2 Å². The largest absolute Gasteiger partial charge is 0.375 e. The second kappa shape index (κ2) is 9.10. The average molecular weight is 411 g/mol. The first-order chi connectivity index (χ1) is 14.6. The summed E-state index contributed by atoms with van der Waals surface area (Å²) in [4.78, 5) is 22.6. The number of nitrogens with one attached hydrogen (secondary N) is 1. The summed E-state index contributed by atoms with van der Waals surface area (Å²) in [5.74, 6) is 0.909. The first-order valence-electron chi connectivity index (χ1n) is 9.69. The summed E-state index contributed by atoms with van der Waals surface area (Å²) >= 11 is 0. The van der Waals surface area contributed by atoms with Gasteiger partial charge in [-0.3, -0.25) is 9.69 Å². The number of ether oxygens (including phenoxy) is 1. The molecular weight excluding hydrogens is 389 g/mol. The van der Waals surface area contributed by atoms with Crippen molar-refractivity contribution in [3.05, 3.63) is 59.9 Å². The van der Waals surface area contributed by atoms with Gasteiger partial charge in [-0.1, -0.05) is 17.3 Å². The molecule has 0 aliphatic carbocycles. The Bertz CT molecular complexity index is 991. The van der Waals surface area contributed by atoms with Crippen LogP contribution in [0, 0.1) is 5.82 Å². The molecule has 0 saturated carbocycles. The van der Waals surface area contributed by atoms with Crippen LogP contribution in [0.1, 0.15) is 30.3 Å². The number of halogens is 1. The van der Waals surface area contributed by atoms with Gasteiger partial charge >= 0.3 is 0 Å². The van der Waals surface area contributed by atoms with E-state index >= 15 is 0 Å². The van der Waals surface area contributed by atoms with Crippen LogP contribution in [0.3, 0.4) is 0 Å². The Morgan fingerprint density at radius 2 is 2.13 bits per heavy atom. The van der Waals surface area contributed by atoms with Crippen LogP contribution in [-0.2, 0) is 16.1 Å². The standard InChI is InChI=1S/C21H22FN5O3/c1-29-13-19(28)24-18-9-6-15(11-23-18)20-25-21(30-26-20)17-3-2-10-27(17)12-14-4-7-16(22)8-5-14/h4-9,11,17H,2-3,10,12-13H2,1H3,(H,23,24,28)/t17-/m0/s1. The predicted molar refractivity (Wildman–Crippen MR) is 107 cm³/mol. The topological polar surface area (TPSA) is 93.4 Å².